The molecule has 0 aliphatic heterocycles. The standard InChI is InChI=1S/C28H27F3N4/c1-18-5-2-3-6-21(18)26-16-22-25(10-9-24-27(22)28(31)34-33-24)35(26)17-20-8-7-19(15-23(20)30)11-14-32-13-4-12-29/h2-3,5-10,15-16,32H,4,11-14,17H2,1H3,(H,33,34). The molecule has 0 bridgehead atoms. The van der Waals surface area contributed by atoms with Crippen molar-refractivity contribution in [3.8, 4) is 11.3 Å². The first-order valence-electron chi connectivity index (χ1n) is 11.8. The number of nitrogens with one attached hydrogen (secondary N) is 2. The van der Waals surface area contributed by atoms with E-state index in [-0.39, 0.29) is 12.5 Å². The first kappa shape index (κ1) is 23.2. The lowest BCUT2D eigenvalue weighted by atomic mass is 10.0. The van der Waals surface area contributed by atoms with E-state index in [1.54, 1.807) is 12.1 Å². The number of aromatic nitrogens is 3. The lowest BCUT2D eigenvalue weighted by Crippen LogP contribution is -2.19. The fraction of sp³-hybridized carbons (Fsp3) is 0.250. The van der Waals surface area contributed by atoms with Gasteiger partial charge in [0.2, 0.25) is 5.95 Å². The highest BCUT2D eigenvalue weighted by molar-refractivity contribution is 6.07. The summed E-state index contributed by atoms with van der Waals surface area (Å²) in [6.07, 6.45) is 1.15. The van der Waals surface area contributed by atoms with E-state index < -0.39 is 5.95 Å². The number of aromatic amines is 1. The molecule has 0 aliphatic rings. The van der Waals surface area contributed by atoms with Crippen molar-refractivity contribution in [2.24, 2.45) is 0 Å². The van der Waals surface area contributed by atoms with Crippen molar-refractivity contribution in [3.63, 3.8) is 0 Å². The summed E-state index contributed by atoms with van der Waals surface area (Å²) in [7, 11) is 0. The van der Waals surface area contributed by atoms with E-state index in [1.807, 2.05) is 60.0 Å². The number of halogens is 3. The van der Waals surface area contributed by atoms with Gasteiger partial charge in [0.05, 0.1) is 24.1 Å². The summed E-state index contributed by atoms with van der Waals surface area (Å²) in [5.74, 6) is -0.755. The molecule has 2 aromatic heterocycles. The molecule has 180 valence electrons. The van der Waals surface area contributed by atoms with Gasteiger partial charge in [-0.1, -0.05) is 36.4 Å². The molecule has 3 aromatic carbocycles. The Bertz CT molecular complexity index is 1480. The van der Waals surface area contributed by atoms with Crippen LogP contribution in [-0.2, 0) is 13.0 Å². The van der Waals surface area contributed by atoms with Gasteiger partial charge in [0.1, 0.15) is 5.82 Å². The SMILES string of the molecule is Cc1ccccc1-c1cc2c3c(F)[nH]nc3ccc2n1Cc1ccc(CCNCCCF)cc1F. The van der Waals surface area contributed by atoms with Gasteiger partial charge in [0.15, 0.2) is 0 Å². The first-order chi connectivity index (χ1) is 17.1. The zero-order valence-corrected chi connectivity index (χ0v) is 19.5. The van der Waals surface area contributed by atoms with Crippen molar-refractivity contribution in [2.45, 2.75) is 26.3 Å². The van der Waals surface area contributed by atoms with Gasteiger partial charge in [-0.05, 0) is 68.2 Å². The third-order valence-corrected chi connectivity index (χ3v) is 6.50. The number of alkyl halides is 1. The van der Waals surface area contributed by atoms with Crippen LogP contribution < -0.4 is 5.32 Å². The number of fused-ring (bicyclic) bond motifs is 3. The molecule has 5 rings (SSSR count). The molecule has 0 spiro atoms. The van der Waals surface area contributed by atoms with Crippen LogP contribution in [0.2, 0.25) is 0 Å². The summed E-state index contributed by atoms with van der Waals surface area (Å²) in [5.41, 5.74) is 5.80. The Kier molecular flexibility index (Phi) is 6.59. The molecule has 0 fully saturated rings. The summed E-state index contributed by atoms with van der Waals surface area (Å²) in [5, 5.41) is 10.8. The van der Waals surface area contributed by atoms with Gasteiger partial charge in [-0.2, -0.15) is 9.49 Å². The number of hydrogen-bond donors (Lipinski definition) is 2. The molecule has 0 radical (unpaired) electrons. The predicted molar refractivity (Wildman–Crippen MR) is 134 cm³/mol. The molecule has 5 aromatic rings. The van der Waals surface area contributed by atoms with E-state index in [1.165, 1.54) is 0 Å². The second-order valence-electron chi connectivity index (χ2n) is 8.83. The van der Waals surface area contributed by atoms with Gasteiger partial charge >= 0.3 is 0 Å². The molecule has 0 saturated heterocycles. The highest BCUT2D eigenvalue weighted by atomic mass is 19.1. The molecule has 0 saturated carbocycles. The maximum atomic E-state index is 15.2. The lowest BCUT2D eigenvalue weighted by molar-refractivity contribution is 0.460. The zero-order valence-electron chi connectivity index (χ0n) is 19.5. The third kappa shape index (κ3) is 4.56. The monoisotopic (exact) mass is 476 g/mol. The molecule has 0 aliphatic carbocycles. The number of H-pyrrole nitrogens is 1. The van der Waals surface area contributed by atoms with Gasteiger partial charge in [-0.15, -0.1) is 0 Å². The summed E-state index contributed by atoms with van der Waals surface area (Å²) >= 11 is 0. The van der Waals surface area contributed by atoms with E-state index in [4.69, 9.17) is 0 Å². The minimum atomic E-state index is -0.477. The second-order valence-corrected chi connectivity index (χ2v) is 8.83. The smallest absolute Gasteiger partial charge is 0.217 e. The largest absolute Gasteiger partial charge is 0.336 e. The lowest BCUT2D eigenvalue weighted by Gasteiger charge is -2.14. The van der Waals surface area contributed by atoms with E-state index in [0.29, 0.717) is 48.9 Å². The van der Waals surface area contributed by atoms with E-state index >= 15 is 4.39 Å². The van der Waals surface area contributed by atoms with Crippen molar-refractivity contribution in [1.82, 2.24) is 20.1 Å². The fourth-order valence-electron chi connectivity index (χ4n) is 4.66. The topological polar surface area (TPSA) is 45.6 Å². The van der Waals surface area contributed by atoms with Gasteiger partial charge < -0.3 is 9.88 Å². The molecule has 35 heavy (non-hydrogen) atoms. The molecular formula is C28H27F3N4. The van der Waals surface area contributed by atoms with Gasteiger partial charge in [-0.25, -0.2) is 4.39 Å². The van der Waals surface area contributed by atoms with Crippen LogP contribution in [0.25, 0.3) is 33.1 Å². The predicted octanol–water partition coefficient (Wildman–Crippen LogP) is 6.31. The average Bonchev–Trinajstić information content (AvgIpc) is 3.41. The second kappa shape index (κ2) is 9.96. The quantitative estimate of drug-likeness (QED) is 0.245. The van der Waals surface area contributed by atoms with Crippen LogP contribution in [0.4, 0.5) is 13.2 Å². The first-order valence-corrected chi connectivity index (χ1v) is 11.8. The Labute approximate surface area is 201 Å². The fourth-order valence-corrected chi connectivity index (χ4v) is 4.66. The maximum Gasteiger partial charge on any atom is 0.217 e. The van der Waals surface area contributed by atoms with E-state index in [9.17, 15) is 8.78 Å². The highest BCUT2D eigenvalue weighted by Gasteiger charge is 2.18. The molecule has 0 amide bonds. The minimum absolute atomic E-state index is 0.278. The van der Waals surface area contributed by atoms with Crippen LogP contribution in [0, 0.1) is 18.7 Å². The zero-order chi connectivity index (χ0) is 24.4. The Hall–Kier alpha value is -3.58. The van der Waals surface area contributed by atoms with Crippen LogP contribution in [0.1, 0.15) is 23.1 Å². The van der Waals surface area contributed by atoms with Crippen LogP contribution in [0.3, 0.4) is 0 Å². The van der Waals surface area contributed by atoms with Crippen molar-refractivity contribution in [3.05, 3.63) is 89.1 Å². The Morgan fingerprint density at radius 3 is 2.66 bits per heavy atom. The molecule has 4 nitrogen and oxygen atoms in total. The van der Waals surface area contributed by atoms with E-state index in [0.717, 1.165) is 33.3 Å². The number of hydrogen-bond acceptors (Lipinski definition) is 2. The van der Waals surface area contributed by atoms with Crippen LogP contribution in [0.15, 0.2) is 60.7 Å². The molecule has 0 atom stereocenters. The van der Waals surface area contributed by atoms with Gasteiger partial charge in [-0.3, -0.25) is 9.49 Å². The number of aryl methyl sites for hydroxylation is 1. The number of nitrogens with zero attached hydrogens (tertiary/aromatic N) is 2. The minimum Gasteiger partial charge on any atom is -0.336 e. The molecular weight excluding hydrogens is 449 g/mol. The Morgan fingerprint density at radius 2 is 1.86 bits per heavy atom. The highest BCUT2D eigenvalue weighted by Crippen LogP contribution is 2.35. The third-order valence-electron chi connectivity index (χ3n) is 6.50. The van der Waals surface area contributed by atoms with Crippen molar-refractivity contribution < 1.29 is 13.2 Å². The molecule has 0 unspecified atom stereocenters. The van der Waals surface area contributed by atoms with Gasteiger partial charge in [0, 0.05) is 27.7 Å². The molecule has 2 N–H and O–H groups in total. The van der Waals surface area contributed by atoms with Gasteiger partial charge in [0.25, 0.3) is 0 Å². The van der Waals surface area contributed by atoms with Crippen molar-refractivity contribution in [2.75, 3.05) is 19.8 Å². The Balaban J connectivity index is 1.53. The van der Waals surface area contributed by atoms with Crippen LogP contribution in [-0.4, -0.2) is 34.5 Å². The molecule has 2 heterocycles. The van der Waals surface area contributed by atoms with Crippen LogP contribution >= 0.6 is 0 Å². The molecule has 7 heteroatoms. The van der Waals surface area contributed by atoms with Crippen LogP contribution in [0.5, 0.6) is 0 Å². The Morgan fingerprint density at radius 1 is 1.00 bits per heavy atom. The summed E-state index contributed by atoms with van der Waals surface area (Å²) < 4.78 is 44.0. The average molecular weight is 477 g/mol. The summed E-state index contributed by atoms with van der Waals surface area (Å²) in [6.45, 7) is 3.28. The number of rotatable bonds is 9. The number of benzene rings is 3. The van der Waals surface area contributed by atoms with Crippen molar-refractivity contribution in [1.29, 1.82) is 0 Å². The van der Waals surface area contributed by atoms with E-state index in [2.05, 4.69) is 15.5 Å². The normalized spacial score (nSPS) is 11.7. The maximum absolute atomic E-state index is 15.2. The van der Waals surface area contributed by atoms with Crippen molar-refractivity contribution >= 4 is 21.8 Å². The summed E-state index contributed by atoms with van der Waals surface area (Å²) in [6, 6.07) is 19.0. The summed E-state index contributed by atoms with van der Waals surface area (Å²) in [4.78, 5) is 0.